The van der Waals surface area contributed by atoms with Gasteiger partial charge in [-0.05, 0) is 0 Å². The molecular formula is C8H9NTc+4. The molecule has 49 valence electrons. The Morgan fingerprint density at radius 1 is 1.20 bits per heavy atom. The van der Waals surface area contributed by atoms with Crippen LogP contribution in [0.5, 0.6) is 0 Å². The molecule has 0 fully saturated rings. The molecule has 0 aliphatic carbocycles. The Labute approximate surface area is 71.5 Å². The van der Waals surface area contributed by atoms with Crippen LogP contribution in [0.1, 0.15) is 11.1 Å². The van der Waals surface area contributed by atoms with E-state index in [1.807, 2.05) is 18.7 Å². The first-order valence-electron chi connectivity index (χ1n) is 3.14. The molecule has 0 amide bonds. The molecule has 0 heterocycles. The molecule has 0 aromatic heterocycles. The molecule has 10 heavy (non-hydrogen) atoms. The van der Waals surface area contributed by atoms with E-state index in [-0.39, 0.29) is 0 Å². The predicted octanol–water partition coefficient (Wildman–Crippen LogP) is 2.67. The van der Waals surface area contributed by atoms with Crippen LogP contribution in [0.25, 0.3) is 0 Å². The van der Waals surface area contributed by atoms with Gasteiger partial charge in [-0.15, -0.1) is 0 Å². The predicted molar refractivity (Wildman–Crippen MR) is 38.0 cm³/mol. The zero-order valence-corrected chi connectivity index (χ0v) is 7.92. The van der Waals surface area contributed by atoms with Crippen molar-refractivity contribution >= 4 is 5.69 Å². The molecule has 2 heteroatoms. The minimum atomic E-state index is 1.11. The third-order valence-corrected chi connectivity index (χ3v) is 1.94. The fraction of sp³-hybridized carbons (Fsp3) is 0.250. The van der Waals surface area contributed by atoms with Crippen molar-refractivity contribution in [3.63, 3.8) is 0 Å². The summed E-state index contributed by atoms with van der Waals surface area (Å²) in [7, 11) is 0. The van der Waals surface area contributed by atoms with Crippen molar-refractivity contribution in [3.8, 4) is 0 Å². The van der Waals surface area contributed by atoms with Gasteiger partial charge in [0.25, 0.3) is 0 Å². The Morgan fingerprint density at radius 3 is 2.00 bits per heavy atom. The van der Waals surface area contributed by atoms with E-state index in [0.717, 1.165) is 5.69 Å². The third-order valence-electron chi connectivity index (χ3n) is 1.52. The molecule has 0 aliphatic heterocycles. The minimum absolute atomic E-state index is 1.11. The second-order valence-corrected chi connectivity index (χ2v) is 2.74. The molecule has 1 rings (SSSR count). The quantitative estimate of drug-likeness (QED) is 0.685. The molecule has 0 radical (unpaired) electrons. The summed E-state index contributed by atoms with van der Waals surface area (Å²) < 4.78 is 4.14. The zero-order chi connectivity index (χ0) is 7.56. The first-order chi connectivity index (χ1) is 4.75. The van der Waals surface area contributed by atoms with Gasteiger partial charge in [-0.2, -0.15) is 0 Å². The Balaban J connectivity index is 3.30. The van der Waals surface area contributed by atoms with Crippen molar-refractivity contribution in [1.29, 1.82) is 0 Å². The van der Waals surface area contributed by atoms with E-state index in [1.54, 1.807) is 0 Å². The fourth-order valence-corrected chi connectivity index (χ4v) is 1.59. The first-order valence-corrected chi connectivity index (χ1v) is 3.97. The third kappa shape index (κ3) is 1.39. The van der Waals surface area contributed by atoms with Crippen LogP contribution in [0.3, 0.4) is 0 Å². The van der Waals surface area contributed by atoms with E-state index < -0.39 is 0 Å². The number of hydrogen-bond donors (Lipinski definition) is 0. The fourth-order valence-electron chi connectivity index (χ4n) is 0.939. The SMILES string of the molecule is Cc1cccc(C)c1[N]=[Tc+4]. The molecule has 0 atom stereocenters. The summed E-state index contributed by atoms with van der Waals surface area (Å²) in [6, 6.07) is 6.20. The molecule has 0 unspecified atom stereocenters. The van der Waals surface area contributed by atoms with Crippen molar-refractivity contribution in [2.45, 2.75) is 13.8 Å². The van der Waals surface area contributed by atoms with Gasteiger partial charge in [0.1, 0.15) is 0 Å². The summed E-state index contributed by atoms with van der Waals surface area (Å²) in [5.74, 6) is 0. The van der Waals surface area contributed by atoms with Crippen LogP contribution in [0.15, 0.2) is 21.8 Å². The van der Waals surface area contributed by atoms with E-state index in [2.05, 4.69) is 35.7 Å². The Morgan fingerprint density at radius 2 is 1.70 bits per heavy atom. The van der Waals surface area contributed by atoms with E-state index in [9.17, 15) is 0 Å². The maximum atomic E-state index is 4.14. The van der Waals surface area contributed by atoms with E-state index in [0.29, 0.717) is 0 Å². The van der Waals surface area contributed by atoms with Gasteiger partial charge >= 0.3 is 71.2 Å². The van der Waals surface area contributed by atoms with Crippen molar-refractivity contribution in [1.82, 2.24) is 0 Å². The number of aryl methyl sites for hydroxylation is 2. The topological polar surface area (TPSA) is 12.4 Å². The van der Waals surface area contributed by atoms with Crippen molar-refractivity contribution in [3.05, 3.63) is 29.3 Å². The summed E-state index contributed by atoms with van der Waals surface area (Å²) in [5, 5.41) is 0. The molecule has 0 aliphatic rings. The van der Waals surface area contributed by atoms with Gasteiger partial charge in [0.2, 0.25) is 0 Å². The van der Waals surface area contributed by atoms with Gasteiger partial charge in [-0.1, -0.05) is 0 Å². The Kier molecular flexibility index (Phi) is 2.47. The Hall–Kier alpha value is -0.331. The molecule has 0 spiro atoms. The molecule has 1 aromatic carbocycles. The second kappa shape index (κ2) is 3.18. The average Bonchev–Trinajstić information content (AvgIpc) is 1.88. The second-order valence-electron chi connectivity index (χ2n) is 2.32. The van der Waals surface area contributed by atoms with E-state index >= 15 is 0 Å². The number of hydrogen-bond acceptors (Lipinski definition) is 1. The van der Waals surface area contributed by atoms with Crippen LogP contribution in [-0.2, 0) is 18.7 Å². The molecule has 0 saturated carbocycles. The Bertz CT molecular complexity index is 235. The number of nitrogens with zero attached hydrogens (tertiary/aromatic N) is 1. The molecule has 0 N–H and O–H groups in total. The van der Waals surface area contributed by atoms with Crippen LogP contribution in [0.4, 0.5) is 5.69 Å². The molecule has 1 nitrogen and oxygen atoms in total. The van der Waals surface area contributed by atoms with Crippen LogP contribution in [-0.4, -0.2) is 0 Å². The van der Waals surface area contributed by atoms with Crippen LogP contribution in [0, 0.1) is 13.8 Å². The maximum absolute atomic E-state index is 4.14. The van der Waals surface area contributed by atoms with Gasteiger partial charge in [-0.3, -0.25) is 0 Å². The van der Waals surface area contributed by atoms with Gasteiger partial charge in [0.15, 0.2) is 0 Å². The average molecular weight is 217 g/mol. The standard InChI is InChI=1S/C8H9N.Tc/c1-6-4-3-5-7(2)8(6)9;/h3-5H,1-2H3;/q;+4. The number of rotatable bonds is 1. The summed E-state index contributed by atoms with van der Waals surface area (Å²) in [5.41, 5.74) is 3.60. The number of benzene rings is 1. The van der Waals surface area contributed by atoms with Crippen molar-refractivity contribution < 1.29 is 18.7 Å². The summed E-state index contributed by atoms with van der Waals surface area (Å²) >= 11 is 2.03. The van der Waals surface area contributed by atoms with E-state index in [1.165, 1.54) is 11.1 Å². The molecular weight excluding hydrogens is 208 g/mol. The van der Waals surface area contributed by atoms with Crippen molar-refractivity contribution in [2.75, 3.05) is 0 Å². The summed E-state index contributed by atoms with van der Waals surface area (Å²) in [6.07, 6.45) is 0. The van der Waals surface area contributed by atoms with Gasteiger partial charge in [0, 0.05) is 0 Å². The molecule has 0 saturated heterocycles. The normalized spacial score (nSPS) is 9.60. The van der Waals surface area contributed by atoms with Crippen LogP contribution >= 0.6 is 0 Å². The van der Waals surface area contributed by atoms with Crippen LogP contribution in [0.2, 0.25) is 0 Å². The summed E-state index contributed by atoms with van der Waals surface area (Å²) in [6.45, 7) is 4.15. The van der Waals surface area contributed by atoms with Gasteiger partial charge in [-0.25, -0.2) is 0 Å². The van der Waals surface area contributed by atoms with Crippen molar-refractivity contribution in [2.24, 2.45) is 3.61 Å². The monoisotopic (exact) mass is 216 g/mol. The van der Waals surface area contributed by atoms with Gasteiger partial charge < -0.3 is 0 Å². The first kappa shape index (κ1) is 7.77. The van der Waals surface area contributed by atoms with Gasteiger partial charge in [0.05, 0.1) is 0 Å². The summed E-state index contributed by atoms with van der Waals surface area (Å²) in [4.78, 5) is 0. The molecule has 0 bridgehead atoms. The van der Waals surface area contributed by atoms with E-state index in [4.69, 9.17) is 0 Å². The molecule has 1 aromatic rings. The van der Waals surface area contributed by atoms with Crippen LogP contribution < -0.4 is 0 Å². The zero-order valence-electron chi connectivity index (χ0n) is 6.06.